The molecule has 6 heteroatoms. The van der Waals surface area contributed by atoms with Gasteiger partial charge in [-0.3, -0.25) is 4.79 Å². The predicted octanol–water partition coefficient (Wildman–Crippen LogP) is 4.29. The van der Waals surface area contributed by atoms with Gasteiger partial charge in [0.25, 0.3) is 0 Å². The van der Waals surface area contributed by atoms with Gasteiger partial charge in [0.05, 0.1) is 12.1 Å². The van der Waals surface area contributed by atoms with Gasteiger partial charge in [0.2, 0.25) is 5.91 Å². The highest BCUT2D eigenvalue weighted by molar-refractivity contribution is 5.84. The molecule has 1 aliphatic rings. The Hall–Kier alpha value is -3.67. The number of carbonyl (C=O) groups is 1. The Morgan fingerprint density at radius 1 is 1.12 bits per heavy atom. The molecule has 0 unspecified atom stereocenters. The van der Waals surface area contributed by atoms with Crippen molar-refractivity contribution in [2.75, 3.05) is 6.54 Å². The lowest BCUT2D eigenvalue weighted by molar-refractivity contribution is -0.121. The largest absolute Gasteiger partial charge is 0.487 e. The number of H-pyrrole nitrogens is 1. The molecule has 4 aromatic rings. The van der Waals surface area contributed by atoms with Crippen molar-refractivity contribution in [3.63, 3.8) is 0 Å². The number of amides is 1. The summed E-state index contributed by atoms with van der Waals surface area (Å²) in [7, 11) is 0. The third-order valence-electron chi connectivity index (χ3n) is 5.88. The van der Waals surface area contributed by atoms with Gasteiger partial charge >= 0.3 is 0 Å². The van der Waals surface area contributed by atoms with E-state index in [1.54, 1.807) is 0 Å². The number of hydrogen-bond donors (Lipinski definition) is 2. The Labute approximate surface area is 187 Å². The second-order valence-electron chi connectivity index (χ2n) is 8.38. The van der Waals surface area contributed by atoms with Crippen molar-refractivity contribution in [3.05, 3.63) is 77.2 Å². The third-order valence-corrected chi connectivity index (χ3v) is 5.88. The number of para-hydroxylation sites is 2. The van der Waals surface area contributed by atoms with Crippen molar-refractivity contribution in [1.82, 2.24) is 20.3 Å². The molecule has 0 saturated carbocycles. The van der Waals surface area contributed by atoms with Gasteiger partial charge in [0.15, 0.2) is 5.82 Å². The van der Waals surface area contributed by atoms with E-state index in [0.29, 0.717) is 25.2 Å². The zero-order valence-electron chi connectivity index (χ0n) is 18.3. The minimum Gasteiger partial charge on any atom is -0.487 e. The Morgan fingerprint density at radius 3 is 2.78 bits per heavy atom. The number of benzene rings is 2. The first-order valence-corrected chi connectivity index (χ1v) is 11.0. The summed E-state index contributed by atoms with van der Waals surface area (Å²) in [6.45, 7) is 4.42. The third kappa shape index (κ3) is 4.08. The molecular formula is C26H26N4O2. The fraction of sp³-hybridized carbons (Fsp3) is 0.269. The van der Waals surface area contributed by atoms with Gasteiger partial charge in [-0.25, -0.2) is 9.97 Å². The first-order chi connectivity index (χ1) is 15.6. The van der Waals surface area contributed by atoms with E-state index in [1.807, 2.05) is 56.4 Å². The molecular weight excluding hydrogens is 400 g/mol. The highest BCUT2D eigenvalue weighted by Gasteiger charge is 2.27. The molecule has 2 aromatic heterocycles. The zero-order chi connectivity index (χ0) is 22.1. The van der Waals surface area contributed by atoms with Crippen molar-refractivity contribution >= 4 is 16.8 Å². The first-order valence-electron chi connectivity index (χ1n) is 11.0. The second-order valence-corrected chi connectivity index (χ2v) is 8.38. The number of aryl methyl sites for hydroxylation is 3. The number of hydrogen-bond acceptors (Lipinski definition) is 4. The minimum absolute atomic E-state index is 0.0349. The summed E-state index contributed by atoms with van der Waals surface area (Å²) in [6.07, 6.45) is 3.81. The molecule has 2 aromatic carbocycles. The predicted molar refractivity (Wildman–Crippen MR) is 125 cm³/mol. The molecule has 0 aliphatic carbocycles. The number of fused-ring (bicyclic) bond motifs is 2. The first kappa shape index (κ1) is 20.2. The van der Waals surface area contributed by atoms with E-state index >= 15 is 0 Å². The van der Waals surface area contributed by atoms with E-state index in [9.17, 15) is 4.79 Å². The van der Waals surface area contributed by atoms with Gasteiger partial charge in [-0.1, -0.05) is 30.3 Å². The Morgan fingerprint density at radius 2 is 1.94 bits per heavy atom. The van der Waals surface area contributed by atoms with Crippen LogP contribution in [0.15, 0.2) is 54.7 Å². The van der Waals surface area contributed by atoms with E-state index < -0.39 is 0 Å². The molecule has 5 rings (SSSR count). The van der Waals surface area contributed by atoms with Crippen LogP contribution in [0.4, 0.5) is 0 Å². The van der Waals surface area contributed by atoms with Crippen molar-refractivity contribution in [2.45, 2.75) is 39.2 Å². The molecule has 0 fully saturated rings. The number of rotatable bonds is 6. The average molecular weight is 427 g/mol. The van der Waals surface area contributed by atoms with Crippen molar-refractivity contribution < 1.29 is 9.53 Å². The maximum atomic E-state index is 12.5. The van der Waals surface area contributed by atoms with Crippen LogP contribution < -0.4 is 10.1 Å². The average Bonchev–Trinajstić information content (AvgIpc) is 3.39. The van der Waals surface area contributed by atoms with Crippen LogP contribution in [0.3, 0.4) is 0 Å². The van der Waals surface area contributed by atoms with Crippen LogP contribution in [0.25, 0.3) is 22.3 Å². The zero-order valence-corrected chi connectivity index (χ0v) is 18.3. The molecule has 0 bridgehead atoms. The summed E-state index contributed by atoms with van der Waals surface area (Å²) in [5.74, 6) is 1.55. The Balaban J connectivity index is 1.20. The van der Waals surface area contributed by atoms with Gasteiger partial charge in [-0.05, 0) is 49.6 Å². The van der Waals surface area contributed by atoms with Crippen LogP contribution in [0.5, 0.6) is 5.75 Å². The van der Waals surface area contributed by atoms with Gasteiger partial charge in [-0.15, -0.1) is 0 Å². The molecule has 1 atom stereocenters. The number of nitrogens with one attached hydrogen (secondary N) is 2. The standard InChI is InChI=1S/C26H26N4O2/c1-16-12-17(2)30-26(29-16)22-8-5-6-18-13-20(32-25(18)22)15-28-24(31)11-10-19-14-27-23-9-4-3-7-21(19)23/h3-9,12,14,20,27H,10-11,13,15H2,1-2H3,(H,28,31)/t20-/m0/s1. The number of nitrogens with zero attached hydrogens (tertiary/aromatic N) is 2. The van der Waals surface area contributed by atoms with Crippen molar-refractivity contribution in [1.29, 1.82) is 0 Å². The van der Waals surface area contributed by atoms with Crippen LogP contribution in [-0.2, 0) is 17.6 Å². The molecule has 6 nitrogen and oxygen atoms in total. The van der Waals surface area contributed by atoms with E-state index in [1.165, 1.54) is 10.9 Å². The molecule has 3 heterocycles. The second kappa shape index (κ2) is 8.46. The summed E-state index contributed by atoms with van der Waals surface area (Å²) in [4.78, 5) is 24.9. The molecule has 32 heavy (non-hydrogen) atoms. The summed E-state index contributed by atoms with van der Waals surface area (Å²) < 4.78 is 6.23. The Kier molecular flexibility index (Phi) is 5.35. The monoisotopic (exact) mass is 426 g/mol. The highest BCUT2D eigenvalue weighted by atomic mass is 16.5. The van der Waals surface area contributed by atoms with Gasteiger partial charge in [-0.2, -0.15) is 0 Å². The van der Waals surface area contributed by atoms with Crippen molar-refractivity contribution in [3.8, 4) is 17.1 Å². The number of ether oxygens (including phenoxy) is 1. The van der Waals surface area contributed by atoms with E-state index in [2.05, 4.69) is 32.4 Å². The summed E-state index contributed by atoms with van der Waals surface area (Å²) in [5, 5.41) is 4.22. The normalized spacial score (nSPS) is 14.9. The molecule has 1 aliphatic heterocycles. The SMILES string of the molecule is Cc1cc(C)nc(-c2cccc3c2O[C@H](CNC(=O)CCc2c[nH]c4ccccc24)C3)n1. The van der Waals surface area contributed by atoms with E-state index in [-0.39, 0.29) is 12.0 Å². The summed E-state index contributed by atoms with van der Waals surface area (Å²) >= 11 is 0. The fourth-order valence-electron chi connectivity index (χ4n) is 4.38. The molecule has 0 spiro atoms. The molecule has 0 saturated heterocycles. The lowest BCUT2D eigenvalue weighted by atomic mass is 10.1. The van der Waals surface area contributed by atoms with Crippen LogP contribution in [0.2, 0.25) is 0 Å². The number of aromatic amines is 1. The molecule has 0 radical (unpaired) electrons. The van der Waals surface area contributed by atoms with E-state index in [4.69, 9.17) is 4.74 Å². The maximum absolute atomic E-state index is 12.5. The van der Waals surface area contributed by atoms with Crippen LogP contribution in [-0.4, -0.2) is 33.5 Å². The van der Waals surface area contributed by atoms with E-state index in [0.717, 1.165) is 40.2 Å². The molecule has 162 valence electrons. The Bertz CT molecular complexity index is 1270. The lowest BCUT2D eigenvalue weighted by Gasteiger charge is -2.13. The fourth-order valence-corrected chi connectivity index (χ4v) is 4.38. The van der Waals surface area contributed by atoms with Gasteiger partial charge in [0.1, 0.15) is 11.9 Å². The molecule has 2 N–H and O–H groups in total. The maximum Gasteiger partial charge on any atom is 0.220 e. The highest BCUT2D eigenvalue weighted by Crippen LogP contribution is 2.37. The summed E-state index contributed by atoms with van der Waals surface area (Å²) in [5.41, 5.74) is 6.16. The summed E-state index contributed by atoms with van der Waals surface area (Å²) in [6, 6.07) is 16.2. The van der Waals surface area contributed by atoms with Crippen LogP contribution in [0.1, 0.15) is 28.9 Å². The topological polar surface area (TPSA) is 79.9 Å². The lowest BCUT2D eigenvalue weighted by Crippen LogP contribution is -2.34. The van der Waals surface area contributed by atoms with Gasteiger partial charge in [0, 0.05) is 41.3 Å². The number of carbonyl (C=O) groups excluding carboxylic acids is 1. The van der Waals surface area contributed by atoms with Crippen molar-refractivity contribution in [2.24, 2.45) is 0 Å². The minimum atomic E-state index is -0.0888. The molecule has 1 amide bonds. The van der Waals surface area contributed by atoms with Crippen LogP contribution >= 0.6 is 0 Å². The van der Waals surface area contributed by atoms with Gasteiger partial charge < -0.3 is 15.0 Å². The smallest absolute Gasteiger partial charge is 0.220 e. The number of aromatic nitrogens is 3. The quantitative estimate of drug-likeness (QED) is 0.482. The van der Waals surface area contributed by atoms with Crippen LogP contribution in [0, 0.1) is 13.8 Å².